The van der Waals surface area contributed by atoms with E-state index in [1.165, 1.54) is 11.6 Å². The van der Waals surface area contributed by atoms with Gasteiger partial charge in [0.15, 0.2) is 5.69 Å². The predicted octanol–water partition coefficient (Wildman–Crippen LogP) is 2.99. The molecule has 1 aromatic heterocycles. The van der Waals surface area contributed by atoms with Gasteiger partial charge in [0, 0.05) is 25.4 Å². The summed E-state index contributed by atoms with van der Waals surface area (Å²) in [7, 11) is 1.54. The molecule has 0 amide bonds. The minimum Gasteiger partial charge on any atom is -0.333 e. The second-order valence-electron chi connectivity index (χ2n) is 3.96. The summed E-state index contributed by atoms with van der Waals surface area (Å²) in [6.45, 7) is 0.397. The third-order valence-corrected chi connectivity index (χ3v) is 2.61. The molecular formula is C12H13ClF3N3. The summed E-state index contributed by atoms with van der Waals surface area (Å²) in [4.78, 5) is 3.61. The lowest BCUT2D eigenvalue weighted by Gasteiger charge is -2.02. The Balaban J connectivity index is 0.00000180. The van der Waals surface area contributed by atoms with E-state index in [0.29, 0.717) is 12.1 Å². The van der Waals surface area contributed by atoms with Gasteiger partial charge >= 0.3 is 6.18 Å². The van der Waals surface area contributed by atoms with Crippen molar-refractivity contribution in [3.63, 3.8) is 0 Å². The van der Waals surface area contributed by atoms with Crippen molar-refractivity contribution in [2.24, 2.45) is 12.8 Å². The lowest BCUT2D eigenvalue weighted by atomic mass is 10.1. The van der Waals surface area contributed by atoms with Crippen molar-refractivity contribution in [1.29, 1.82) is 0 Å². The molecule has 0 bridgehead atoms. The van der Waals surface area contributed by atoms with E-state index in [4.69, 9.17) is 5.73 Å². The van der Waals surface area contributed by atoms with Crippen LogP contribution in [0, 0.1) is 0 Å². The van der Waals surface area contributed by atoms with Crippen molar-refractivity contribution < 1.29 is 13.2 Å². The first kappa shape index (κ1) is 15.5. The molecule has 0 saturated carbocycles. The van der Waals surface area contributed by atoms with Gasteiger partial charge in [0.25, 0.3) is 0 Å². The average molecular weight is 292 g/mol. The normalized spacial score (nSPS) is 11.2. The van der Waals surface area contributed by atoms with Crippen LogP contribution in [0.4, 0.5) is 13.2 Å². The Kier molecular flexibility index (Phi) is 4.60. The molecule has 7 heteroatoms. The zero-order chi connectivity index (χ0) is 13.3. The molecular weight excluding hydrogens is 279 g/mol. The number of nitrogens with two attached hydrogens (primary N) is 1. The molecule has 19 heavy (non-hydrogen) atoms. The fourth-order valence-electron chi connectivity index (χ4n) is 1.66. The van der Waals surface area contributed by atoms with Crippen LogP contribution in [0.1, 0.15) is 11.3 Å². The standard InChI is InChI=1S/C12H12F3N3.ClH/c1-18-7-10(12(13,14)15)17-11(18)9-4-2-8(6-16)3-5-9;/h2-5,7H,6,16H2,1H3;1H. The molecule has 0 saturated heterocycles. The van der Waals surface area contributed by atoms with Gasteiger partial charge < -0.3 is 10.3 Å². The zero-order valence-corrected chi connectivity index (χ0v) is 10.9. The van der Waals surface area contributed by atoms with Gasteiger partial charge in [-0.25, -0.2) is 4.98 Å². The Labute approximate surface area is 114 Å². The number of hydrogen-bond donors (Lipinski definition) is 1. The van der Waals surface area contributed by atoms with Gasteiger partial charge in [-0.05, 0) is 5.56 Å². The first-order chi connectivity index (χ1) is 8.41. The topological polar surface area (TPSA) is 43.8 Å². The van der Waals surface area contributed by atoms with Gasteiger partial charge in [0.2, 0.25) is 0 Å². The van der Waals surface area contributed by atoms with E-state index >= 15 is 0 Å². The molecule has 3 nitrogen and oxygen atoms in total. The van der Waals surface area contributed by atoms with Gasteiger partial charge in [-0.1, -0.05) is 24.3 Å². The van der Waals surface area contributed by atoms with E-state index in [1.807, 2.05) is 0 Å². The number of nitrogens with zero attached hydrogens (tertiary/aromatic N) is 2. The molecule has 0 spiro atoms. The number of halogens is 4. The second kappa shape index (κ2) is 5.63. The maximum atomic E-state index is 12.5. The van der Waals surface area contributed by atoms with Gasteiger partial charge in [-0.2, -0.15) is 13.2 Å². The molecule has 0 atom stereocenters. The molecule has 104 valence electrons. The summed E-state index contributed by atoms with van der Waals surface area (Å²) in [5.41, 5.74) is 6.12. The van der Waals surface area contributed by atoms with E-state index in [-0.39, 0.29) is 18.2 Å². The van der Waals surface area contributed by atoms with Crippen LogP contribution < -0.4 is 5.73 Å². The third kappa shape index (κ3) is 3.27. The van der Waals surface area contributed by atoms with Crippen LogP contribution in [0.15, 0.2) is 30.5 Å². The van der Waals surface area contributed by atoms with Crippen molar-refractivity contribution in [3.05, 3.63) is 41.7 Å². The minimum absolute atomic E-state index is 0. The van der Waals surface area contributed by atoms with Crippen molar-refractivity contribution in [2.45, 2.75) is 12.7 Å². The summed E-state index contributed by atoms with van der Waals surface area (Å²) < 4.78 is 38.9. The Morgan fingerprint density at radius 1 is 1.21 bits per heavy atom. The summed E-state index contributed by atoms with van der Waals surface area (Å²) in [6, 6.07) is 6.98. The molecule has 0 aliphatic rings. The van der Waals surface area contributed by atoms with Gasteiger partial charge in [-0.15, -0.1) is 12.4 Å². The molecule has 0 radical (unpaired) electrons. The van der Waals surface area contributed by atoms with Gasteiger partial charge in [0.1, 0.15) is 5.82 Å². The molecule has 0 aliphatic heterocycles. The number of alkyl halides is 3. The quantitative estimate of drug-likeness (QED) is 0.924. The number of imidazole rings is 1. The minimum atomic E-state index is -4.42. The second-order valence-corrected chi connectivity index (χ2v) is 3.96. The SMILES string of the molecule is Cl.Cn1cc(C(F)(F)F)nc1-c1ccc(CN)cc1. The highest BCUT2D eigenvalue weighted by Gasteiger charge is 2.34. The van der Waals surface area contributed by atoms with Crippen molar-refractivity contribution in [1.82, 2.24) is 9.55 Å². The van der Waals surface area contributed by atoms with Crippen LogP contribution in [0.25, 0.3) is 11.4 Å². The van der Waals surface area contributed by atoms with Gasteiger partial charge in [-0.3, -0.25) is 0 Å². The Bertz CT molecular complexity index is 546. The van der Waals surface area contributed by atoms with Crippen LogP contribution in [0.2, 0.25) is 0 Å². The monoisotopic (exact) mass is 291 g/mol. The highest BCUT2D eigenvalue weighted by Crippen LogP contribution is 2.30. The maximum Gasteiger partial charge on any atom is 0.434 e. The Morgan fingerprint density at radius 2 is 1.79 bits per heavy atom. The number of rotatable bonds is 2. The molecule has 1 aromatic carbocycles. The Morgan fingerprint density at radius 3 is 2.21 bits per heavy atom. The van der Waals surface area contributed by atoms with E-state index in [0.717, 1.165) is 11.8 Å². The number of hydrogen-bond acceptors (Lipinski definition) is 2. The first-order valence-corrected chi connectivity index (χ1v) is 5.32. The molecule has 2 N–H and O–H groups in total. The largest absolute Gasteiger partial charge is 0.434 e. The van der Waals surface area contributed by atoms with E-state index in [2.05, 4.69) is 4.98 Å². The van der Waals surface area contributed by atoms with Gasteiger partial charge in [0.05, 0.1) is 0 Å². The molecule has 0 fully saturated rings. The maximum absolute atomic E-state index is 12.5. The Hall–Kier alpha value is -1.53. The highest BCUT2D eigenvalue weighted by atomic mass is 35.5. The van der Waals surface area contributed by atoms with E-state index < -0.39 is 11.9 Å². The number of aromatic nitrogens is 2. The fourth-order valence-corrected chi connectivity index (χ4v) is 1.66. The van der Waals surface area contributed by atoms with Crippen LogP contribution in [0.3, 0.4) is 0 Å². The molecule has 2 aromatic rings. The van der Waals surface area contributed by atoms with E-state index in [9.17, 15) is 13.2 Å². The summed E-state index contributed by atoms with van der Waals surface area (Å²) >= 11 is 0. The van der Waals surface area contributed by atoms with Crippen LogP contribution in [-0.2, 0) is 19.8 Å². The summed E-state index contributed by atoms with van der Waals surface area (Å²) in [5.74, 6) is 0.283. The third-order valence-electron chi connectivity index (χ3n) is 2.61. The predicted molar refractivity (Wildman–Crippen MR) is 68.8 cm³/mol. The lowest BCUT2D eigenvalue weighted by molar-refractivity contribution is -0.140. The zero-order valence-electron chi connectivity index (χ0n) is 10.1. The van der Waals surface area contributed by atoms with E-state index in [1.54, 1.807) is 24.3 Å². The smallest absolute Gasteiger partial charge is 0.333 e. The fraction of sp³-hybridized carbons (Fsp3) is 0.250. The molecule has 2 rings (SSSR count). The molecule has 1 heterocycles. The van der Waals surface area contributed by atoms with Crippen LogP contribution in [-0.4, -0.2) is 9.55 Å². The van der Waals surface area contributed by atoms with Crippen molar-refractivity contribution in [3.8, 4) is 11.4 Å². The molecule has 0 unspecified atom stereocenters. The van der Waals surface area contributed by atoms with Crippen molar-refractivity contribution >= 4 is 12.4 Å². The van der Waals surface area contributed by atoms with Crippen LogP contribution >= 0.6 is 12.4 Å². The van der Waals surface area contributed by atoms with Crippen LogP contribution in [0.5, 0.6) is 0 Å². The summed E-state index contributed by atoms with van der Waals surface area (Å²) in [5, 5.41) is 0. The van der Waals surface area contributed by atoms with Crippen molar-refractivity contribution in [2.75, 3.05) is 0 Å². The average Bonchev–Trinajstić information content (AvgIpc) is 2.71. The number of aryl methyl sites for hydroxylation is 1. The number of benzene rings is 1. The summed E-state index contributed by atoms with van der Waals surface area (Å²) in [6.07, 6.45) is -3.45. The highest BCUT2D eigenvalue weighted by molar-refractivity contribution is 5.85. The molecule has 0 aliphatic carbocycles. The first-order valence-electron chi connectivity index (χ1n) is 5.32. The lowest BCUT2D eigenvalue weighted by Crippen LogP contribution is -2.04.